The lowest BCUT2D eigenvalue weighted by molar-refractivity contribution is -0.140. The fourth-order valence-corrected chi connectivity index (χ4v) is 5.08. The van der Waals surface area contributed by atoms with Crippen LogP contribution in [0.3, 0.4) is 0 Å². The molecule has 6 nitrogen and oxygen atoms in total. The van der Waals surface area contributed by atoms with E-state index >= 15 is 0 Å². The monoisotopic (exact) mass is 436 g/mol. The van der Waals surface area contributed by atoms with Crippen molar-refractivity contribution in [3.8, 4) is 11.5 Å². The molecule has 4 atom stereocenters. The summed E-state index contributed by atoms with van der Waals surface area (Å²) in [6.07, 6.45) is 6.47. The van der Waals surface area contributed by atoms with E-state index in [1.807, 2.05) is 30.3 Å². The average molecular weight is 437 g/mol. The number of hydrogen-bond acceptors (Lipinski definition) is 5. The third-order valence-corrected chi connectivity index (χ3v) is 6.53. The predicted octanol–water partition coefficient (Wildman–Crippen LogP) is 4.07. The van der Waals surface area contributed by atoms with Gasteiger partial charge in [-0.25, -0.2) is 0 Å². The molecule has 7 heteroatoms. The molecule has 158 valence electrons. The molecule has 2 amide bonds. The van der Waals surface area contributed by atoms with Gasteiger partial charge < -0.3 is 9.47 Å². The molecule has 1 heterocycles. The Morgan fingerprint density at radius 1 is 1.10 bits per heavy atom. The molecule has 0 spiro atoms. The van der Waals surface area contributed by atoms with Crippen LogP contribution in [0.15, 0.2) is 59.7 Å². The lowest BCUT2D eigenvalue weighted by atomic mass is 9.85. The highest BCUT2D eigenvalue weighted by molar-refractivity contribution is 6.32. The zero-order chi connectivity index (χ0) is 21.5. The van der Waals surface area contributed by atoms with E-state index in [9.17, 15) is 9.59 Å². The maximum absolute atomic E-state index is 12.8. The zero-order valence-electron chi connectivity index (χ0n) is 16.9. The Labute approximate surface area is 185 Å². The van der Waals surface area contributed by atoms with Crippen molar-refractivity contribution in [2.24, 2.45) is 28.8 Å². The van der Waals surface area contributed by atoms with Crippen LogP contribution >= 0.6 is 11.6 Å². The number of carbonyl (C=O) groups excluding carboxylic acids is 2. The van der Waals surface area contributed by atoms with E-state index in [1.54, 1.807) is 12.1 Å². The lowest BCUT2D eigenvalue weighted by Gasteiger charge is -2.14. The van der Waals surface area contributed by atoms with Crippen molar-refractivity contribution in [2.45, 2.75) is 13.0 Å². The zero-order valence-corrected chi connectivity index (χ0v) is 17.7. The van der Waals surface area contributed by atoms with Gasteiger partial charge in [0.2, 0.25) is 0 Å². The Kier molecular flexibility index (Phi) is 5.02. The number of carbonyl (C=O) groups is 2. The van der Waals surface area contributed by atoms with Crippen LogP contribution in [0.1, 0.15) is 17.5 Å². The minimum absolute atomic E-state index is 0.155. The summed E-state index contributed by atoms with van der Waals surface area (Å²) in [5.74, 6) is 0.203. The van der Waals surface area contributed by atoms with E-state index in [2.05, 4.69) is 17.3 Å². The molecule has 2 bridgehead atoms. The fraction of sp³-hybridized carbons (Fsp3) is 0.292. The first-order valence-corrected chi connectivity index (χ1v) is 10.6. The molecule has 0 radical (unpaired) electrons. The molecule has 2 aliphatic carbocycles. The highest BCUT2D eigenvalue weighted by Crippen LogP contribution is 2.52. The third-order valence-electron chi connectivity index (χ3n) is 6.25. The molecule has 2 aromatic rings. The summed E-state index contributed by atoms with van der Waals surface area (Å²) in [5.41, 5.74) is 1.61. The van der Waals surface area contributed by atoms with Gasteiger partial charge in [0, 0.05) is 0 Å². The minimum Gasteiger partial charge on any atom is -0.493 e. The predicted molar refractivity (Wildman–Crippen MR) is 116 cm³/mol. The molecule has 0 unspecified atom stereocenters. The Morgan fingerprint density at radius 2 is 1.77 bits per heavy atom. The van der Waals surface area contributed by atoms with Crippen LogP contribution in [0.5, 0.6) is 11.5 Å². The molecule has 2 fully saturated rings. The van der Waals surface area contributed by atoms with Gasteiger partial charge in [-0.2, -0.15) is 10.1 Å². The van der Waals surface area contributed by atoms with Gasteiger partial charge in [-0.1, -0.05) is 54.1 Å². The van der Waals surface area contributed by atoms with E-state index in [0.717, 1.165) is 17.0 Å². The number of ether oxygens (including phenoxy) is 2. The molecular weight excluding hydrogens is 416 g/mol. The van der Waals surface area contributed by atoms with E-state index in [-0.39, 0.29) is 35.5 Å². The van der Waals surface area contributed by atoms with Gasteiger partial charge >= 0.3 is 0 Å². The first-order valence-electron chi connectivity index (χ1n) is 10.2. The molecule has 2 aromatic carbocycles. The molecule has 5 rings (SSSR count). The molecule has 31 heavy (non-hydrogen) atoms. The molecule has 1 saturated carbocycles. The van der Waals surface area contributed by atoms with Crippen molar-refractivity contribution in [3.05, 3.63) is 70.8 Å². The fourth-order valence-electron chi connectivity index (χ4n) is 4.81. The van der Waals surface area contributed by atoms with Crippen molar-refractivity contribution >= 4 is 29.6 Å². The summed E-state index contributed by atoms with van der Waals surface area (Å²) < 4.78 is 11.3. The Hall–Kier alpha value is -3.12. The van der Waals surface area contributed by atoms with Crippen molar-refractivity contribution in [2.75, 3.05) is 7.11 Å². The van der Waals surface area contributed by atoms with Gasteiger partial charge in [-0.3, -0.25) is 9.59 Å². The molecular formula is C24H21ClN2O4. The highest BCUT2D eigenvalue weighted by atomic mass is 35.5. The summed E-state index contributed by atoms with van der Waals surface area (Å²) in [5, 5.41) is 5.57. The van der Waals surface area contributed by atoms with Crippen LogP contribution < -0.4 is 9.47 Å². The Bertz CT molecular complexity index is 1070. The van der Waals surface area contributed by atoms with Crippen molar-refractivity contribution in [3.63, 3.8) is 0 Å². The summed E-state index contributed by atoms with van der Waals surface area (Å²) in [6, 6.07) is 13.1. The van der Waals surface area contributed by atoms with Gasteiger partial charge in [0.25, 0.3) is 11.8 Å². The van der Waals surface area contributed by atoms with E-state index < -0.39 is 0 Å². The number of benzene rings is 2. The molecule has 1 aliphatic heterocycles. The molecule has 1 saturated heterocycles. The number of imide groups is 1. The average Bonchev–Trinajstić information content (AvgIpc) is 3.46. The third kappa shape index (κ3) is 3.41. The Morgan fingerprint density at radius 3 is 2.42 bits per heavy atom. The molecule has 0 aromatic heterocycles. The van der Waals surface area contributed by atoms with Gasteiger partial charge in [0.1, 0.15) is 6.61 Å². The first kappa shape index (κ1) is 19.8. The SMILES string of the molecule is COc1cc(C=NN2C(=O)[C@@H]3[C@H](C2=O)[C@H]2C=C[C@H]3C2)cc(Cl)c1OCc1ccccc1. The lowest BCUT2D eigenvalue weighted by Crippen LogP contribution is -2.28. The largest absolute Gasteiger partial charge is 0.493 e. The summed E-state index contributed by atoms with van der Waals surface area (Å²) >= 11 is 6.43. The smallest absolute Gasteiger partial charge is 0.254 e. The van der Waals surface area contributed by atoms with Crippen molar-refractivity contribution < 1.29 is 19.1 Å². The molecule has 3 aliphatic rings. The van der Waals surface area contributed by atoms with E-state index in [0.29, 0.717) is 28.7 Å². The Balaban J connectivity index is 1.34. The minimum atomic E-state index is -0.272. The van der Waals surface area contributed by atoms with Crippen LogP contribution in [-0.2, 0) is 16.2 Å². The van der Waals surface area contributed by atoms with Crippen LogP contribution in [0.25, 0.3) is 0 Å². The van der Waals surface area contributed by atoms with Crippen LogP contribution in [0.2, 0.25) is 5.02 Å². The normalized spacial score (nSPS) is 26.2. The maximum atomic E-state index is 12.8. The number of allylic oxidation sites excluding steroid dienone is 2. The number of hydrogen-bond donors (Lipinski definition) is 0. The second-order valence-electron chi connectivity index (χ2n) is 8.04. The quantitative estimate of drug-likeness (QED) is 0.389. The number of hydrazone groups is 1. The van der Waals surface area contributed by atoms with E-state index in [4.69, 9.17) is 21.1 Å². The van der Waals surface area contributed by atoms with Crippen LogP contribution in [-0.4, -0.2) is 30.1 Å². The first-order chi connectivity index (χ1) is 15.1. The molecule has 0 N–H and O–H groups in total. The summed E-state index contributed by atoms with van der Waals surface area (Å²) in [7, 11) is 1.53. The van der Waals surface area contributed by atoms with Crippen molar-refractivity contribution in [1.29, 1.82) is 0 Å². The standard InChI is InChI=1S/C24H21ClN2O4/c1-30-19-10-15(9-18(25)22(19)31-13-14-5-3-2-4-6-14)12-26-27-23(28)20-16-7-8-17(11-16)21(20)24(27)29/h2-10,12,16-17,20-21H,11,13H2,1H3/t16-,17-,20-,21+/m0/s1. The second-order valence-corrected chi connectivity index (χ2v) is 8.45. The topological polar surface area (TPSA) is 68.2 Å². The summed E-state index contributed by atoms with van der Waals surface area (Å²) in [4.78, 5) is 25.5. The van der Waals surface area contributed by atoms with Crippen LogP contribution in [0, 0.1) is 23.7 Å². The summed E-state index contributed by atoms with van der Waals surface area (Å²) in [6.45, 7) is 0.348. The highest BCUT2D eigenvalue weighted by Gasteiger charge is 2.59. The maximum Gasteiger partial charge on any atom is 0.254 e. The number of halogens is 1. The van der Waals surface area contributed by atoms with Gasteiger partial charge in [-0.05, 0) is 41.5 Å². The van der Waals surface area contributed by atoms with Crippen molar-refractivity contribution in [1.82, 2.24) is 5.01 Å². The number of methoxy groups -OCH3 is 1. The van der Waals surface area contributed by atoms with Gasteiger partial charge in [-0.15, -0.1) is 0 Å². The van der Waals surface area contributed by atoms with E-state index in [1.165, 1.54) is 13.3 Å². The van der Waals surface area contributed by atoms with Gasteiger partial charge in [0.05, 0.1) is 30.2 Å². The number of rotatable bonds is 6. The van der Waals surface area contributed by atoms with Crippen LogP contribution in [0.4, 0.5) is 0 Å². The number of fused-ring (bicyclic) bond motifs is 5. The number of nitrogens with zero attached hydrogens (tertiary/aromatic N) is 2. The second kappa shape index (κ2) is 7.85. The van der Waals surface area contributed by atoms with Gasteiger partial charge in [0.15, 0.2) is 11.5 Å². The number of amides is 2.